The summed E-state index contributed by atoms with van der Waals surface area (Å²) in [4.78, 5) is 11.4. The molecule has 3 heteroatoms. The number of hydrogen-bond acceptors (Lipinski definition) is 2. The zero-order valence-electron chi connectivity index (χ0n) is 11.0. The van der Waals surface area contributed by atoms with Crippen LogP contribution in [0.15, 0.2) is 0 Å². The summed E-state index contributed by atoms with van der Waals surface area (Å²) in [5, 5.41) is 9.36. The molecule has 0 aromatic rings. The SMILES string of the molecule is CC(C)CSC1(C(=O)O)CC(C(C)(C)C)C1. The molecular formula is C13H24O2S. The van der Waals surface area contributed by atoms with Gasteiger partial charge in [0.25, 0.3) is 0 Å². The molecule has 2 nitrogen and oxygen atoms in total. The molecule has 0 bridgehead atoms. The van der Waals surface area contributed by atoms with E-state index in [2.05, 4.69) is 34.6 Å². The van der Waals surface area contributed by atoms with E-state index < -0.39 is 10.7 Å². The number of rotatable bonds is 4. The molecule has 0 spiro atoms. The average molecular weight is 244 g/mol. The van der Waals surface area contributed by atoms with E-state index in [4.69, 9.17) is 0 Å². The number of carboxylic acids is 1. The molecular weight excluding hydrogens is 220 g/mol. The molecule has 0 radical (unpaired) electrons. The number of thioether (sulfide) groups is 1. The number of hydrogen-bond donors (Lipinski definition) is 1. The molecule has 0 atom stereocenters. The third-order valence-electron chi connectivity index (χ3n) is 3.46. The van der Waals surface area contributed by atoms with Crippen molar-refractivity contribution in [1.29, 1.82) is 0 Å². The van der Waals surface area contributed by atoms with Crippen molar-refractivity contribution in [2.75, 3.05) is 5.75 Å². The number of aliphatic carboxylic acids is 1. The zero-order chi connectivity index (χ0) is 12.6. The smallest absolute Gasteiger partial charge is 0.319 e. The quantitative estimate of drug-likeness (QED) is 0.820. The van der Waals surface area contributed by atoms with Gasteiger partial charge in [0, 0.05) is 0 Å². The van der Waals surface area contributed by atoms with Crippen LogP contribution < -0.4 is 0 Å². The van der Waals surface area contributed by atoms with Crippen molar-refractivity contribution in [3.8, 4) is 0 Å². The van der Waals surface area contributed by atoms with Crippen LogP contribution in [0.25, 0.3) is 0 Å². The lowest BCUT2D eigenvalue weighted by molar-refractivity contribution is -0.145. The van der Waals surface area contributed by atoms with Gasteiger partial charge in [-0.1, -0.05) is 34.6 Å². The highest BCUT2D eigenvalue weighted by molar-refractivity contribution is 8.01. The topological polar surface area (TPSA) is 37.3 Å². The summed E-state index contributed by atoms with van der Waals surface area (Å²) in [6.45, 7) is 10.9. The Hall–Kier alpha value is -0.180. The van der Waals surface area contributed by atoms with Gasteiger partial charge in [0.1, 0.15) is 4.75 Å². The molecule has 0 unspecified atom stereocenters. The molecule has 0 aliphatic heterocycles. The highest BCUT2D eigenvalue weighted by Crippen LogP contribution is 2.54. The molecule has 0 aromatic heterocycles. The lowest BCUT2D eigenvalue weighted by Crippen LogP contribution is -2.52. The van der Waals surface area contributed by atoms with Gasteiger partial charge in [-0.25, -0.2) is 0 Å². The van der Waals surface area contributed by atoms with Gasteiger partial charge < -0.3 is 5.11 Å². The first kappa shape index (κ1) is 13.9. The molecule has 0 heterocycles. The summed E-state index contributed by atoms with van der Waals surface area (Å²) in [6, 6.07) is 0. The number of carbonyl (C=O) groups is 1. The predicted molar refractivity (Wildman–Crippen MR) is 69.8 cm³/mol. The zero-order valence-corrected chi connectivity index (χ0v) is 11.9. The van der Waals surface area contributed by atoms with Gasteiger partial charge in [0.15, 0.2) is 0 Å². The molecule has 0 amide bonds. The molecule has 94 valence electrons. The van der Waals surface area contributed by atoms with Crippen LogP contribution in [-0.2, 0) is 4.79 Å². The molecule has 1 fully saturated rings. The minimum absolute atomic E-state index is 0.247. The van der Waals surface area contributed by atoms with Gasteiger partial charge in [0.05, 0.1) is 0 Å². The van der Waals surface area contributed by atoms with E-state index in [0.717, 1.165) is 18.6 Å². The van der Waals surface area contributed by atoms with Crippen molar-refractivity contribution in [2.45, 2.75) is 52.2 Å². The van der Waals surface area contributed by atoms with E-state index in [-0.39, 0.29) is 5.41 Å². The monoisotopic (exact) mass is 244 g/mol. The van der Waals surface area contributed by atoms with Gasteiger partial charge >= 0.3 is 5.97 Å². The molecule has 0 aromatic carbocycles. The Morgan fingerprint density at radius 1 is 1.44 bits per heavy atom. The maximum atomic E-state index is 11.4. The standard InChI is InChI=1S/C13H24O2S/c1-9(2)8-16-13(11(14)15)6-10(7-13)12(3,4)5/h9-10H,6-8H2,1-5H3,(H,14,15). The van der Waals surface area contributed by atoms with Gasteiger partial charge in [-0.2, -0.15) is 0 Å². The lowest BCUT2D eigenvalue weighted by atomic mass is 9.62. The van der Waals surface area contributed by atoms with Crippen molar-refractivity contribution >= 4 is 17.7 Å². The van der Waals surface area contributed by atoms with Crippen LogP contribution in [0, 0.1) is 17.3 Å². The van der Waals surface area contributed by atoms with Crippen molar-refractivity contribution in [3.63, 3.8) is 0 Å². The van der Waals surface area contributed by atoms with E-state index in [1.807, 2.05) is 0 Å². The Kier molecular flexibility index (Phi) is 3.99. The molecule has 0 saturated heterocycles. The van der Waals surface area contributed by atoms with Crippen molar-refractivity contribution in [3.05, 3.63) is 0 Å². The van der Waals surface area contributed by atoms with Crippen LogP contribution in [0.5, 0.6) is 0 Å². The van der Waals surface area contributed by atoms with Crippen molar-refractivity contribution < 1.29 is 9.90 Å². The summed E-state index contributed by atoms with van der Waals surface area (Å²) in [5.41, 5.74) is 0.247. The molecule has 1 rings (SSSR count). The first-order chi connectivity index (χ1) is 7.17. The summed E-state index contributed by atoms with van der Waals surface area (Å²) < 4.78 is -0.484. The van der Waals surface area contributed by atoms with Crippen LogP contribution in [0.3, 0.4) is 0 Å². The third-order valence-corrected chi connectivity index (χ3v) is 5.35. The Balaban J connectivity index is 2.57. The second kappa shape index (κ2) is 4.59. The third kappa shape index (κ3) is 2.93. The fourth-order valence-corrected chi connectivity index (χ4v) is 3.44. The maximum Gasteiger partial charge on any atom is 0.319 e. The van der Waals surface area contributed by atoms with E-state index in [1.54, 1.807) is 11.8 Å². The molecule has 16 heavy (non-hydrogen) atoms. The van der Waals surface area contributed by atoms with E-state index >= 15 is 0 Å². The Morgan fingerprint density at radius 2 is 1.94 bits per heavy atom. The summed E-state index contributed by atoms with van der Waals surface area (Å²) in [7, 11) is 0. The van der Waals surface area contributed by atoms with Gasteiger partial charge in [0.2, 0.25) is 0 Å². The average Bonchev–Trinajstić information content (AvgIpc) is 1.97. The maximum absolute atomic E-state index is 11.4. The normalized spacial score (nSPS) is 30.2. The summed E-state index contributed by atoms with van der Waals surface area (Å²) >= 11 is 1.65. The first-order valence-corrected chi connectivity index (χ1v) is 7.03. The molecule has 1 aliphatic carbocycles. The second-order valence-corrected chi connectivity index (χ2v) is 7.88. The van der Waals surface area contributed by atoms with E-state index in [0.29, 0.717) is 11.8 Å². The number of carboxylic acid groups (broad SMARTS) is 1. The fraction of sp³-hybridized carbons (Fsp3) is 0.923. The minimum Gasteiger partial charge on any atom is -0.480 e. The van der Waals surface area contributed by atoms with Crippen LogP contribution in [-0.4, -0.2) is 21.6 Å². The Labute approximate surface area is 103 Å². The predicted octanol–water partition coefficient (Wildman–Crippen LogP) is 3.66. The molecule has 1 saturated carbocycles. The Bertz CT molecular complexity index is 260. The van der Waals surface area contributed by atoms with Gasteiger partial charge in [-0.05, 0) is 35.8 Å². The molecule has 1 N–H and O–H groups in total. The second-order valence-electron chi connectivity index (χ2n) is 6.48. The fourth-order valence-electron chi connectivity index (χ4n) is 2.03. The van der Waals surface area contributed by atoms with Gasteiger partial charge in [-0.15, -0.1) is 11.8 Å². The van der Waals surface area contributed by atoms with E-state index in [1.165, 1.54) is 0 Å². The van der Waals surface area contributed by atoms with Crippen LogP contribution >= 0.6 is 11.8 Å². The van der Waals surface area contributed by atoms with Crippen molar-refractivity contribution in [1.82, 2.24) is 0 Å². The highest BCUT2D eigenvalue weighted by Gasteiger charge is 2.53. The first-order valence-electron chi connectivity index (χ1n) is 6.05. The Morgan fingerprint density at radius 3 is 2.25 bits per heavy atom. The highest BCUT2D eigenvalue weighted by atomic mass is 32.2. The summed E-state index contributed by atoms with van der Waals surface area (Å²) in [6.07, 6.45) is 1.67. The van der Waals surface area contributed by atoms with Crippen LogP contribution in [0.2, 0.25) is 0 Å². The minimum atomic E-state index is -0.612. The van der Waals surface area contributed by atoms with Gasteiger partial charge in [-0.3, -0.25) is 4.79 Å². The van der Waals surface area contributed by atoms with Crippen LogP contribution in [0.1, 0.15) is 47.5 Å². The lowest BCUT2D eigenvalue weighted by Gasteiger charge is -2.50. The van der Waals surface area contributed by atoms with Crippen LogP contribution in [0.4, 0.5) is 0 Å². The summed E-state index contributed by atoms with van der Waals surface area (Å²) in [5.74, 6) is 1.46. The largest absolute Gasteiger partial charge is 0.480 e. The molecule has 1 aliphatic rings. The van der Waals surface area contributed by atoms with Crippen molar-refractivity contribution in [2.24, 2.45) is 17.3 Å². The van der Waals surface area contributed by atoms with E-state index in [9.17, 15) is 9.90 Å².